The number of carbonyl (C=O) groups excluding carboxylic acids is 1. The molecule has 0 spiro atoms. The Hall–Kier alpha value is -3.71. The fraction of sp³-hybridized carbons (Fsp3) is 0.381. The number of amides is 1. The Morgan fingerprint density at radius 3 is 1.97 bits per heavy atom. The minimum absolute atomic E-state index is 0.140. The number of alkyl halides is 6. The smallest absolute Gasteiger partial charge is 0.422 e. The minimum atomic E-state index is -4.72. The molecule has 2 aromatic carbocycles. The number of anilines is 2. The summed E-state index contributed by atoms with van der Waals surface area (Å²) in [5.41, 5.74) is -0.345. The summed E-state index contributed by atoms with van der Waals surface area (Å²) < 4.78 is 84.1. The SMILES string of the molecule is O=C(Nc1cc(OCC(F)(F)F)cc(OCC(F)(F)F)c1)c1ccc(N2CCCC2)c([N+](=O)[O-])c1. The zero-order valence-electron chi connectivity index (χ0n) is 17.9. The van der Waals surface area contributed by atoms with Crippen molar-refractivity contribution in [2.45, 2.75) is 25.2 Å². The van der Waals surface area contributed by atoms with E-state index in [1.807, 2.05) is 4.90 Å². The van der Waals surface area contributed by atoms with Crippen LogP contribution in [0.25, 0.3) is 0 Å². The van der Waals surface area contributed by atoms with Crippen LogP contribution in [0.4, 0.5) is 43.4 Å². The van der Waals surface area contributed by atoms with Crippen LogP contribution in [0, 0.1) is 10.1 Å². The molecule has 1 amide bonds. The molecule has 190 valence electrons. The third-order valence-electron chi connectivity index (χ3n) is 4.82. The maximum absolute atomic E-state index is 12.7. The van der Waals surface area contributed by atoms with E-state index in [1.165, 1.54) is 12.1 Å². The number of halogens is 6. The summed E-state index contributed by atoms with van der Waals surface area (Å²) in [4.78, 5) is 25.4. The summed E-state index contributed by atoms with van der Waals surface area (Å²) in [6.45, 7) is -2.21. The maximum Gasteiger partial charge on any atom is 0.422 e. The Labute approximate surface area is 194 Å². The number of nitro benzene ring substituents is 1. The maximum atomic E-state index is 12.7. The van der Waals surface area contributed by atoms with Crippen LogP contribution in [0.3, 0.4) is 0 Å². The van der Waals surface area contributed by atoms with Crippen molar-refractivity contribution in [3.8, 4) is 11.5 Å². The van der Waals surface area contributed by atoms with Crippen molar-refractivity contribution in [3.05, 3.63) is 52.1 Å². The highest BCUT2D eigenvalue weighted by Gasteiger charge is 2.30. The fourth-order valence-corrected chi connectivity index (χ4v) is 3.38. The van der Waals surface area contributed by atoms with E-state index in [1.54, 1.807) is 0 Å². The van der Waals surface area contributed by atoms with E-state index in [0.717, 1.165) is 37.1 Å². The number of carbonyl (C=O) groups is 1. The molecular formula is C21H19F6N3O5. The van der Waals surface area contributed by atoms with Gasteiger partial charge in [-0.05, 0) is 25.0 Å². The number of rotatable bonds is 8. The molecule has 0 aromatic heterocycles. The zero-order valence-corrected chi connectivity index (χ0v) is 17.9. The second kappa shape index (κ2) is 10.3. The van der Waals surface area contributed by atoms with Gasteiger partial charge < -0.3 is 19.7 Å². The predicted octanol–water partition coefficient (Wildman–Crippen LogP) is 5.33. The van der Waals surface area contributed by atoms with Crippen molar-refractivity contribution in [1.82, 2.24) is 0 Å². The molecule has 35 heavy (non-hydrogen) atoms. The largest absolute Gasteiger partial charge is 0.484 e. The second-order valence-electron chi connectivity index (χ2n) is 7.61. The lowest BCUT2D eigenvalue weighted by Gasteiger charge is -2.18. The molecule has 0 saturated carbocycles. The normalized spacial score (nSPS) is 14.1. The number of hydrogen-bond acceptors (Lipinski definition) is 6. The standard InChI is InChI=1S/C21H19F6N3O5/c22-20(23,24)11-34-15-8-14(9-16(10-15)35-12-21(25,26)27)28-19(31)13-3-4-17(18(7-13)30(32)33)29-5-1-2-6-29/h3-4,7-10H,1-2,5-6,11-12H2,(H,28,31). The average Bonchev–Trinajstić information content (AvgIpc) is 3.29. The van der Waals surface area contributed by atoms with Crippen molar-refractivity contribution < 1.29 is 45.5 Å². The van der Waals surface area contributed by atoms with Gasteiger partial charge in [0.2, 0.25) is 0 Å². The fourth-order valence-electron chi connectivity index (χ4n) is 3.38. The van der Waals surface area contributed by atoms with Gasteiger partial charge in [0.1, 0.15) is 17.2 Å². The van der Waals surface area contributed by atoms with Gasteiger partial charge in [-0.3, -0.25) is 14.9 Å². The van der Waals surface area contributed by atoms with E-state index in [4.69, 9.17) is 0 Å². The van der Waals surface area contributed by atoms with Gasteiger partial charge in [-0.25, -0.2) is 0 Å². The summed E-state index contributed by atoms with van der Waals surface area (Å²) >= 11 is 0. The van der Waals surface area contributed by atoms with Crippen molar-refractivity contribution in [2.75, 3.05) is 36.5 Å². The summed E-state index contributed by atoms with van der Waals surface area (Å²) in [7, 11) is 0. The number of ether oxygens (including phenoxy) is 2. The van der Waals surface area contributed by atoms with Gasteiger partial charge in [-0.2, -0.15) is 26.3 Å². The van der Waals surface area contributed by atoms with Gasteiger partial charge in [-0.15, -0.1) is 0 Å². The lowest BCUT2D eigenvalue weighted by molar-refractivity contribution is -0.384. The third kappa shape index (κ3) is 7.65. The Balaban J connectivity index is 1.84. The van der Waals surface area contributed by atoms with Crippen LogP contribution < -0.4 is 19.7 Å². The van der Waals surface area contributed by atoms with E-state index in [0.29, 0.717) is 18.8 Å². The summed E-state index contributed by atoms with van der Waals surface area (Å²) in [6, 6.07) is 6.52. The highest BCUT2D eigenvalue weighted by atomic mass is 19.4. The van der Waals surface area contributed by atoms with Gasteiger partial charge in [0.25, 0.3) is 11.6 Å². The first-order chi connectivity index (χ1) is 16.3. The van der Waals surface area contributed by atoms with Crippen LogP contribution in [-0.2, 0) is 0 Å². The summed E-state index contributed by atoms with van der Waals surface area (Å²) in [5.74, 6) is -1.89. The molecule has 1 fully saturated rings. The Morgan fingerprint density at radius 2 is 1.49 bits per heavy atom. The zero-order chi connectivity index (χ0) is 25.8. The average molecular weight is 507 g/mol. The van der Waals surface area contributed by atoms with Crippen molar-refractivity contribution >= 4 is 23.0 Å². The van der Waals surface area contributed by atoms with Crippen LogP contribution in [0.15, 0.2) is 36.4 Å². The molecule has 2 aromatic rings. The monoisotopic (exact) mass is 507 g/mol. The Bertz CT molecular complexity index is 1050. The van der Waals surface area contributed by atoms with Gasteiger partial charge in [0.15, 0.2) is 13.2 Å². The lowest BCUT2D eigenvalue weighted by Crippen LogP contribution is -2.21. The molecule has 0 radical (unpaired) electrons. The highest BCUT2D eigenvalue weighted by molar-refractivity contribution is 6.05. The van der Waals surface area contributed by atoms with Crippen molar-refractivity contribution in [2.24, 2.45) is 0 Å². The number of benzene rings is 2. The number of nitrogens with one attached hydrogen (secondary N) is 1. The lowest BCUT2D eigenvalue weighted by atomic mass is 10.1. The van der Waals surface area contributed by atoms with Crippen molar-refractivity contribution in [3.63, 3.8) is 0 Å². The molecule has 3 rings (SSSR count). The molecule has 1 aliphatic rings. The first-order valence-corrected chi connectivity index (χ1v) is 10.2. The molecule has 1 aliphatic heterocycles. The van der Waals surface area contributed by atoms with Crippen LogP contribution in [0.2, 0.25) is 0 Å². The van der Waals surface area contributed by atoms with E-state index in [-0.39, 0.29) is 16.9 Å². The van der Waals surface area contributed by atoms with Crippen LogP contribution in [-0.4, -0.2) is 49.5 Å². The van der Waals surface area contributed by atoms with Crippen LogP contribution >= 0.6 is 0 Å². The van der Waals surface area contributed by atoms with E-state index < -0.39 is 47.9 Å². The van der Waals surface area contributed by atoms with Gasteiger partial charge in [0.05, 0.1) is 4.92 Å². The summed E-state index contributed by atoms with van der Waals surface area (Å²) in [6.07, 6.45) is -7.71. The summed E-state index contributed by atoms with van der Waals surface area (Å²) in [5, 5.41) is 13.8. The van der Waals surface area contributed by atoms with Crippen molar-refractivity contribution in [1.29, 1.82) is 0 Å². The molecule has 1 saturated heterocycles. The van der Waals surface area contributed by atoms with Crippen LogP contribution in [0.1, 0.15) is 23.2 Å². The molecule has 0 bridgehead atoms. The first kappa shape index (κ1) is 25.9. The number of nitrogens with zero attached hydrogens (tertiary/aromatic N) is 2. The van der Waals surface area contributed by atoms with Crippen LogP contribution in [0.5, 0.6) is 11.5 Å². The van der Waals surface area contributed by atoms with Gasteiger partial charge >= 0.3 is 12.4 Å². The number of hydrogen-bond donors (Lipinski definition) is 1. The van der Waals surface area contributed by atoms with Gasteiger partial charge in [-0.1, -0.05) is 0 Å². The molecular weight excluding hydrogens is 488 g/mol. The quantitative estimate of drug-likeness (QED) is 0.295. The minimum Gasteiger partial charge on any atom is -0.484 e. The Kier molecular flexibility index (Phi) is 7.60. The topological polar surface area (TPSA) is 93.9 Å². The molecule has 8 nitrogen and oxygen atoms in total. The molecule has 1 heterocycles. The first-order valence-electron chi connectivity index (χ1n) is 10.2. The van der Waals surface area contributed by atoms with E-state index in [9.17, 15) is 41.3 Å². The molecule has 0 atom stereocenters. The molecule has 14 heteroatoms. The molecule has 0 aliphatic carbocycles. The second-order valence-corrected chi connectivity index (χ2v) is 7.61. The Morgan fingerprint density at radius 1 is 0.943 bits per heavy atom. The molecule has 0 unspecified atom stereocenters. The van der Waals surface area contributed by atoms with Gasteiger partial charge in [0, 0.05) is 48.6 Å². The molecule has 1 N–H and O–H groups in total. The number of nitro groups is 1. The predicted molar refractivity (Wildman–Crippen MR) is 112 cm³/mol. The third-order valence-corrected chi connectivity index (χ3v) is 4.82. The van der Waals surface area contributed by atoms with E-state index >= 15 is 0 Å². The van der Waals surface area contributed by atoms with E-state index in [2.05, 4.69) is 14.8 Å². The highest BCUT2D eigenvalue weighted by Crippen LogP contribution is 2.33.